The monoisotopic (exact) mass is 290 g/mol. The number of para-hydroxylation sites is 1. The van der Waals surface area contributed by atoms with Gasteiger partial charge < -0.3 is 9.84 Å². The molecule has 1 aromatic carbocycles. The molecule has 0 bridgehead atoms. The number of aromatic nitrogens is 1. The van der Waals surface area contributed by atoms with E-state index in [-0.39, 0.29) is 11.2 Å². The Kier molecular flexibility index (Phi) is 4.84. The number of hydrogen-bond acceptors (Lipinski definition) is 4. The SMILES string of the molecule is Cc1noc(C)c1CSC(C)C(=O)Nc1ccccc1. The molecule has 0 fully saturated rings. The van der Waals surface area contributed by atoms with E-state index in [1.165, 1.54) is 0 Å². The average molecular weight is 290 g/mol. The molecular weight excluding hydrogens is 272 g/mol. The van der Waals surface area contributed by atoms with Crippen LogP contribution in [0.1, 0.15) is 23.9 Å². The lowest BCUT2D eigenvalue weighted by Crippen LogP contribution is -2.22. The smallest absolute Gasteiger partial charge is 0.237 e. The standard InChI is InChI=1S/C15H18N2O2S/c1-10-14(11(2)19-17-10)9-20-12(3)15(18)16-13-7-5-4-6-8-13/h4-8,12H,9H2,1-3H3,(H,16,18). The van der Waals surface area contributed by atoms with Gasteiger partial charge >= 0.3 is 0 Å². The minimum atomic E-state index is -0.135. The van der Waals surface area contributed by atoms with Crippen LogP contribution in [0, 0.1) is 13.8 Å². The van der Waals surface area contributed by atoms with Gasteiger partial charge in [-0.15, -0.1) is 11.8 Å². The first kappa shape index (κ1) is 14.7. The van der Waals surface area contributed by atoms with Crippen LogP contribution in [0.4, 0.5) is 5.69 Å². The van der Waals surface area contributed by atoms with Crippen molar-refractivity contribution in [2.45, 2.75) is 31.8 Å². The molecule has 0 radical (unpaired) electrons. The minimum Gasteiger partial charge on any atom is -0.361 e. The number of rotatable bonds is 5. The van der Waals surface area contributed by atoms with Gasteiger partial charge in [-0.25, -0.2) is 0 Å². The Morgan fingerprint density at radius 2 is 2.05 bits per heavy atom. The van der Waals surface area contributed by atoms with E-state index in [0.29, 0.717) is 0 Å². The van der Waals surface area contributed by atoms with Gasteiger partial charge in [-0.2, -0.15) is 0 Å². The molecule has 2 aromatic rings. The van der Waals surface area contributed by atoms with E-state index in [9.17, 15) is 4.79 Å². The molecule has 5 heteroatoms. The van der Waals surface area contributed by atoms with Crippen molar-refractivity contribution in [3.05, 3.63) is 47.3 Å². The number of hydrogen-bond donors (Lipinski definition) is 1. The summed E-state index contributed by atoms with van der Waals surface area (Å²) in [4.78, 5) is 12.1. The Morgan fingerprint density at radius 1 is 1.35 bits per heavy atom. The van der Waals surface area contributed by atoms with Crippen molar-refractivity contribution in [2.24, 2.45) is 0 Å². The van der Waals surface area contributed by atoms with E-state index in [1.54, 1.807) is 11.8 Å². The third kappa shape index (κ3) is 3.63. The fourth-order valence-corrected chi connectivity index (χ4v) is 2.80. The maximum atomic E-state index is 12.1. The number of benzene rings is 1. The van der Waals surface area contributed by atoms with Crippen molar-refractivity contribution in [2.75, 3.05) is 5.32 Å². The third-order valence-electron chi connectivity index (χ3n) is 3.07. The van der Waals surface area contributed by atoms with Gasteiger partial charge in [0.1, 0.15) is 5.76 Å². The summed E-state index contributed by atoms with van der Waals surface area (Å²) < 4.78 is 5.12. The Balaban J connectivity index is 1.89. The second-order valence-electron chi connectivity index (χ2n) is 4.61. The van der Waals surface area contributed by atoms with Crippen molar-refractivity contribution >= 4 is 23.4 Å². The van der Waals surface area contributed by atoms with Crippen LogP contribution in [0.2, 0.25) is 0 Å². The molecule has 1 amide bonds. The summed E-state index contributed by atoms with van der Waals surface area (Å²) >= 11 is 1.58. The zero-order valence-electron chi connectivity index (χ0n) is 11.8. The number of nitrogens with one attached hydrogen (secondary N) is 1. The summed E-state index contributed by atoms with van der Waals surface area (Å²) in [6.07, 6.45) is 0. The number of anilines is 1. The quantitative estimate of drug-likeness (QED) is 0.915. The number of amides is 1. The van der Waals surface area contributed by atoms with E-state index in [1.807, 2.05) is 51.1 Å². The first-order chi connectivity index (χ1) is 9.58. The molecule has 4 nitrogen and oxygen atoms in total. The summed E-state index contributed by atoms with van der Waals surface area (Å²) in [5.74, 6) is 1.56. The van der Waals surface area contributed by atoms with Crippen molar-refractivity contribution in [1.29, 1.82) is 0 Å². The number of aryl methyl sites for hydroxylation is 2. The number of carbonyl (C=O) groups excluding carboxylic acids is 1. The fraction of sp³-hybridized carbons (Fsp3) is 0.333. The predicted octanol–water partition coefficient (Wildman–Crippen LogP) is 3.55. The second-order valence-corrected chi connectivity index (χ2v) is 5.94. The van der Waals surface area contributed by atoms with E-state index >= 15 is 0 Å². The van der Waals surface area contributed by atoms with Gasteiger partial charge in [0.2, 0.25) is 5.91 Å². The van der Waals surface area contributed by atoms with E-state index < -0.39 is 0 Å². The first-order valence-electron chi connectivity index (χ1n) is 6.47. The third-order valence-corrected chi connectivity index (χ3v) is 4.24. The van der Waals surface area contributed by atoms with Crippen LogP contribution in [-0.2, 0) is 10.5 Å². The molecule has 0 aliphatic carbocycles. The van der Waals surface area contributed by atoms with Crippen LogP contribution in [-0.4, -0.2) is 16.3 Å². The normalized spacial score (nSPS) is 12.2. The lowest BCUT2D eigenvalue weighted by Gasteiger charge is -2.11. The van der Waals surface area contributed by atoms with E-state index in [2.05, 4.69) is 10.5 Å². The number of nitrogens with zero attached hydrogens (tertiary/aromatic N) is 1. The molecule has 106 valence electrons. The van der Waals surface area contributed by atoms with Crippen LogP contribution < -0.4 is 5.32 Å². The number of carbonyl (C=O) groups is 1. The summed E-state index contributed by atoms with van der Waals surface area (Å²) in [6, 6.07) is 9.48. The van der Waals surface area contributed by atoms with Gasteiger partial charge in [-0.1, -0.05) is 23.4 Å². The Bertz CT molecular complexity index is 561. The lowest BCUT2D eigenvalue weighted by atomic mass is 10.2. The highest BCUT2D eigenvalue weighted by Crippen LogP contribution is 2.23. The Hall–Kier alpha value is -1.75. The van der Waals surface area contributed by atoms with Crippen molar-refractivity contribution in [3.8, 4) is 0 Å². The van der Waals surface area contributed by atoms with Crippen LogP contribution in [0.25, 0.3) is 0 Å². The van der Waals surface area contributed by atoms with Gasteiger partial charge in [0.05, 0.1) is 10.9 Å². The maximum Gasteiger partial charge on any atom is 0.237 e. The van der Waals surface area contributed by atoms with Gasteiger partial charge in [0.25, 0.3) is 0 Å². The van der Waals surface area contributed by atoms with E-state index in [4.69, 9.17) is 4.52 Å². The van der Waals surface area contributed by atoms with Gasteiger partial charge in [-0.05, 0) is 32.9 Å². The molecule has 1 aromatic heterocycles. The number of thioether (sulfide) groups is 1. The fourth-order valence-electron chi connectivity index (χ4n) is 1.76. The zero-order valence-corrected chi connectivity index (χ0v) is 12.7. The summed E-state index contributed by atoms with van der Waals surface area (Å²) in [7, 11) is 0. The molecule has 2 rings (SSSR count). The molecule has 0 spiro atoms. The van der Waals surface area contributed by atoms with Crippen molar-refractivity contribution < 1.29 is 9.32 Å². The van der Waals surface area contributed by atoms with Crippen molar-refractivity contribution in [3.63, 3.8) is 0 Å². The van der Waals surface area contributed by atoms with Gasteiger partial charge in [-0.3, -0.25) is 4.79 Å². The average Bonchev–Trinajstić information content (AvgIpc) is 2.76. The largest absolute Gasteiger partial charge is 0.361 e. The molecule has 0 aliphatic heterocycles. The molecule has 0 aliphatic rings. The van der Waals surface area contributed by atoms with Crippen LogP contribution in [0.15, 0.2) is 34.9 Å². The molecule has 20 heavy (non-hydrogen) atoms. The highest BCUT2D eigenvalue weighted by Gasteiger charge is 2.16. The van der Waals surface area contributed by atoms with E-state index in [0.717, 1.165) is 28.5 Å². The topological polar surface area (TPSA) is 55.1 Å². The second kappa shape index (κ2) is 6.61. The Morgan fingerprint density at radius 3 is 2.65 bits per heavy atom. The molecule has 0 saturated heterocycles. The minimum absolute atomic E-state index is 0.00737. The highest BCUT2D eigenvalue weighted by molar-refractivity contribution is 7.99. The van der Waals surface area contributed by atoms with Gasteiger partial charge in [0.15, 0.2) is 0 Å². The highest BCUT2D eigenvalue weighted by atomic mass is 32.2. The summed E-state index contributed by atoms with van der Waals surface area (Å²) in [6.45, 7) is 5.72. The summed E-state index contributed by atoms with van der Waals surface area (Å²) in [5.41, 5.74) is 2.79. The lowest BCUT2D eigenvalue weighted by molar-refractivity contribution is -0.115. The molecule has 0 saturated carbocycles. The maximum absolute atomic E-state index is 12.1. The zero-order chi connectivity index (χ0) is 14.5. The molecule has 1 unspecified atom stereocenters. The van der Waals surface area contributed by atoms with Crippen LogP contribution >= 0.6 is 11.8 Å². The van der Waals surface area contributed by atoms with Crippen LogP contribution in [0.3, 0.4) is 0 Å². The van der Waals surface area contributed by atoms with Gasteiger partial charge in [0, 0.05) is 17.0 Å². The molecule has 1 atom stereocenters. The first-order valence-corrected chi connectivity index (χ1v) is 7.52. The summed E-state index contributed by atoms with van der Waals surface area (Å²) in [5, 5.41) is 6.68. The predicted molar refractivity (Wildman–Crippen MR) is 81.8 cm³/mol. The van der Waals surface area contributed by atoms with Crippen molar-refractivity contribution in [1.82, 2.24) is 5.16 Å². The molecule has 1 heterocycles. The molecular formula is C15H18N2O2S. The molecule has 1 N–H and O–H groups in total. The van der Waals surface area contributed by atoms with Crippen LogP contribution in [0.5, 0.6) is 0 Å². The Labute approximate surface area is 122 Å².